The second-order valence-corrected chi connectivity index (χ2v) is 8.86. The smallest absolute Gasteiger partial charge is 0.329 e. The van der Waals surface area contributed by atoms with Gasteiger partial charge in [0.1, 0.15) is 18.1 Å². The molecule has 8 heteroatoms. The van der Waals surface area contributed by atoms with Gasteiger partial charge in [0.2, 0.25) is 0 Å². The SMILES string of the molecule is Cc1ccc(CN2C(=O)N/C(=C/c3cc(Cl)c(OCc4ccc(F)cc4)c(Br)c3)C2=O)cc1. The highest BCUT2D eigenvalue weighted by atomic mass is 79.9. The number of nitrogens with zero attached hydrogens (tertiary/aromatic N) is 1. The Labute approximate surface area is 203 Å². The summed E-state index contributed by atoms with van der Waals surface area (Å²) >= 11 is 9.84. The highest BCUT2D eigenvalue weighted by Crippen LogP contribution is 2.36. The third-order valence-corrected chi connectivity index (χ3v) is 5.92. The largest absolute Gasteiger partial charge is 0.486 e. The van der Waals surface area contributed by atoms with Crippen LogP contribution in [0.4, 0.5) is 9.18 Å². The van der Waals surface area contributed by atoms with E-state index in [-0.39, 0.29) is 24.7 Å². The predicted molar refractivity (Wildman–Crippen MR) is 128 cm³/mol. The summed E-state index contributed by atoms with van der Waals surface area (Å²) in [5, 5.41) is 2.94. The maximum atomic E-state index is 13.1. The van der Waals surface area contributed by atoms with Crippen LogP contribution in [0.1, 0.15) is 22.3 Å². The number of ether oxygens (including phenoxy) is 1. The number of nitrogens with one attached hydrogen (secondary N) is 1. The summed E-state index contributed by atoms with van der Waals surface area (Å²) in [4.78, 5) is 26.3. The highest BCUT2D eigenvalue weighted by molar-refractivity contribution is 9.10. The van der Waals surface area contributed by atoms with Crippen molar-refractivity contribution >= 4 is 45.5 Å². The van der Waals surface area contributed by atoms with Crippen molar-refractivity contribution in [2.75, 3.05) is 0 Å². The van der Waals surface area contributed by atoms with E-state index in [1.165, 1.54) is 12.1 Å². The first kappa shape index (κ1) is 23.0. The lowest BCUT2D eigenvalue weighted by Crippen LogP contribution is -2.30. The maximum Gasteiger partial charge on any atom is 0.329 e. The van der Waals surface area contributed by atoms with Gasteiger partial charge in [0, 0.05) is 0 Å². The first-order valence-corrected chi connectivity index (χ1v) is 11.2. The summed E-state index contributed by atoms with van der Waals surface area (Å²) in [6.45, 7) is 2.37. The zero-order valence-corrected chi connectivity index (χ0v) is 19.9. The molecule has 1 N–H and O–H groups in total. The van der Waals surface area contributed by atoms with Gasteiger partial charge in [-0.3, -0.25) is 9.69 Å². The second-order valence-electron chi connectivity index (χ2n) is 7.59. The van der Waals surface area contributed by atoms with Crippen LogP contribution in [0.2, 0.25) is 5.02 Å². The fraction of sp³-hybridized carbons (Fsp3) is 0.120. The average molecular weight is 530 g/mol. The Bertz CT molecular complexity index is 1220. The fourth-order valence-electron chi connectivity index (χ4n) is 3.29. The van der Waals surface area contributed by atoms with E-state index in [0.717, 1.165) is 21.6 Å². The number of imide groups is 1. The van der Waals surface area contributed by atoms with Crippen molar-refractivity contribution in [3.05, 3.63) is 104 Å². The molecule has 1 saturated heterocycles. The first-order chi connectivity index (χ1) is 15.8. The molecule has 0 aromatic heterocycles. The molecule has 5 nitrogen and oxygen atoms in total. The number of amides is 3. The molecule has 1 fully saturated rings. The Morgan fingerprint density at radius 3 is 2.39 bits per heavy atom. The maximum absolute atomic E-state index is 13.1. The Morgan fingerprint density at radius 2 is 1.73 bits per heavy atom. The molecule has 168 valence electrons. The summed E-state index contributed by atoms with van der Waals surface area (Å²) < 4.78 is 19.4. The van der Waals surface area contributed by atoms with Crippen molar-refractivity contribution in [3.63, 3.8) is 0 Å². The minimum absolute atomic E-state index is 0.162. The summed E-state index contributed by atoms with van der Waals surface area (Å²) in [5.74, 6) is -0.309. The molecule has 3 aromatic rings. The van der Waals surface area contributed by atoms with Gasteiger partial charge in [-0.25, -0.2) is 9.18 Å². The Balaban J connectivity index is 1.49. The molecule has 3 aromatic carbocycles. The minimum Gasteiger partial charge on any atom is -0.486 e. The van der Waals surface area contributed by atoms with Crippen LogP contribution in [-0.4, -0.2) is 16.8 Å². The van der Waals surface area contributed by atoms with Crippen LogP contribution in [0.3, 0.4) is 0 Å². The average Bonchev–Trinajstić information content (AvgIpc) is 3.03. The number of rotatable bonds is 6. The molecule has 1 aliphatic heterocycles. The molecule has 0 radical (unpaired) electrons. The molecule has 33 heavy (non-hydrogen) atoms. The number of carbonyl (C=O) groups excluding carboxylic acids is 2. The molecule has 0 aliphatic carbocycles. The molecule has 0 atom stereocenters. The van der Waals surface area contributed by atoms with Crippen LogP contribution >= 0.6 is 27.5 Å². The zero-order chi connectivity index (χ0) is 23.5. The molecule has 0 saturated carbocycles. The number of hydrogen-bond acceptors (Lipinski definition) is 3. The van der Waals surface area contributed by atoms with E-state index in [4.69, 9.17) is 16.3 Å². The van der Waals surface area contributed by atoms with Crippen molar-refractivity contribution in [2.45, 2.75) is 20.1 Å². The van der Waals surface area contributed by atoms with Crippen molar-refractivity contribution < 1.29 is 18.7 Å². The number of halogens is 3. The van der Waals surface area contributed by atoms with Gasteiger partial charge in [0.25, 0.3) is 5.91 Å². The highest BCUT2D eigenvalue weighted by Gasteiger charge is 2.33. The quantitative estimate of drug-likeness (QED) is 0.305. The molecule has 4 rings (SSSR count). The van der Waals surface area contributed by atoms with Crippen LogP contribution in [0.15, 0.2) is 70.8 Å². The molecular weight excluding hydrogens is 511 g/mol. The van der Waals surface area contributed by atoms with Crippen molar-refractivity contribution in [3.8, 4) is 5.75 Å². The molecule has 0 unspecified atom stereocenters. The van der Waals surface area contributed by atoms with Gasteiger partial charge in [-0.15, -0.1) is 0 Å². The Hall–Kier alpha value is -3.16. The van der Waals surface area contributed by atoms with Gasteiger partial charge in [-0.1, -0.05) is 53.6 Å². The standard InChI is InChI=1S/C25H19BrClFN2O3/c1-15-2-4-16(5-3-15)13-30-24(31)22(29-25(30)32)12-18-10-20(26)23(21(27)11-18)33-14-17-6-8-19(28)9-7-17/h2-12H,13-14H2,1H3,(H,29,32)/b22-12+. The molecule has 3 amide bonds. The third kappa shape index (κ3) is 5.43. The van der Waals surface area contributed by atoms with E-state index in [1.807, 2.05) is 31.2 Å². The molecule has 1 aliphatic rings. The third-order valence-electron chi connectivity index (χ3n) is 5.05. The number of benzene rings is 3. The van der Waals surface area contributed by atoms with E-state index in [0.29, 0.717) is 20.8 Å². The van der Waals surface area contributed by atoms with E-state index in [2.05, 4.69) is 21.2 Å². The second kappa shape index (κ2) is 9.77. The fourth-order valence-corrected chi connectivity index (χ4v) is 4.28. The van der Waals surface area contributed by atoms with E-state index in [1.54, 1.807) is 30.3 Å². The van der Waals surface area contributed by atoms with Gasteiger partial charge in [0.15, 0.2) is 5.75 Å². The first-order valence-electron chi connectivity index (χ1n) is 10.1. The van der Waals surface area contributed by atoms with Gasteiger partial charge in [0.05, 0.1) is 16.0 Å². The lowest BCUT2D eigenvalue weighted by atomic mass is 10.1. The van der Waals surface area contributed by atoms with Crippen molar-refractivity contribution in [2.24, 2.45) is 0 Å². The predicted octanol–water partition coefficient (Wildman–Crippen LogP) is 6.22. The summed E-state index contributed by atoms with van der Waals surface area (Å²) in [6.07, 6.45) is 1.57. The molecular formula is C25H19BrClFN2O3. The van der Waals surface area contributed by atoms with E-state index >= 15 is 0 Å². The summed E-state index contributed by atoms with van der Waals surface area (Å²) in [6, 6.07) is 16.5. The molecule has 0 bridgehead atoms. The summed E-state index contributed by atoms with van der Waals surface area (Å²) in [7, 11) is 0. The van der Waals surface area contributed by atoms with Gasteiger partial charge >= 0.3 is 6.03 Å². The van der Waals surface area contributed by atoms with Crippen LogP contribution < -0.4 is 10.1 Å². The van der Waals surface area contributed by atoms with Crippen LogP contribution in [0.5, 0.6) is 5.75 Å². The zero-order valence-electron chi connectivity index (χ0n) is 17.6. The number of aryl methyl sites for hydroxylation is 1. The Kier molecular flexibility index (Phi) is 6.81. The number of urea groups is 1. The molecule has 1 heterocycles. The normalized spacial score (nSPS) is 14.7. The minimum atomic E-state index is -0.476. The Morgan fingerprint density at radius 1 is 1.06 bits per heavy atom. The van der Waals surface area contributed by atoms with E-state index in [9.17, 15) is 14.0 Å². The topological polar surface area (TPSA) is 58.6 Å². The van der Waals surface area contributed by atoms with Crippen molar-refractivity contribution in [1.82, 2.24) is 10.2 Å². The molecule has 0 spiro atoms. The van der Waals surface area contributed by atoms with Crippen LogP contribution in [-0.2, 0) is 17.9 Å². The monoisotopic (exact) mass is 528 g/mol. The summed E-state index contributed by atoms with van der Waals surface area (Å²) in [5.41, 5.74) is 3.53. The van der Waals surface area contributed by atoms with Gasteiger partial charge in [-0.05, 0) is 69.9 Å². The van der Waals surface area contributed by atoms with Crippen LogP contribution in [0, 0.1) is 12.7 Å². The van der Waals surface area contributed by atoms with E-state index < -0.39 is 11.9 Å². The lowest BCUT2D eigenvalue weighted by molar-refractivity contribution is -0.123. The van der Waals surface area contributed by atoms with Crippen LogP contribution in [0.25, 0.3) is 6.08 Å². The lowest BCUT2D eigenvalue weighted by Gasteiger charge is -2.12. The van der Waals surface area contributed by atoms with Crippen molar-refractivity contribution in [1.29, 1.82) is 0 Å². The van der Waals surface area contributed by atoms with Gasteiger partial charge in [-0.2, -0.15) is 0 Å². The number of hydrogen-bond donors (Lipinski definition) is 1. The number of carbonyl (C=O) groups is 2. The van der Waals surface area contributed by atoms with Gasteiger partial charge < -0.3 is 10.1 Å².